The standard InChI is InChI=1S/C20H23N2O2P/c1-2-3-5-16-7-9-17(10-8-16)20-6-4-15-22(21-20)18-11-13-19(14-12-18)24-25-23/h7-14H,2-6,15H2,1H3/p+1. The molecule has 1 N–H and O–H groups in total. The van der Waals surface area contributed by atoms with Gasteiger partial charge in [0.15, 0.2) is 0 Å². The average molecular weight is 355 g/mol. The molecule has 3 rings (SSSR count). The number of hydrogen-bond acceptors (Lipinski definition) is 3. The van der Waals surface area contributed by atoms with Crippen LogP contribution >= 0.6 is 8.69 Å². The van der Waals surface area contributed by atoms with Gasteiger partial charge >= 0.3 is 8.69 Å². The van der Waals surface area contributed by atoms with Crippen LogP contribution in [0.15, 0.2) is 48.5 Å². The summed E-state index contributed by atoms with van der Waals surface area (Å²) in [6.45, 7) is 3.18. The first-order valence-electron chi connectivity index (χ1n) is 8.89. The highest BCUT2D eigenvalue weighted by Gasteiger charge is 2.21. The predicted molar refractivity (Wildman–Crippen MR) is 101 cm³/mol. The molecular formula is C20H24N2O2P+. The topological polar surface area (TPSA) is 43.5 Å². The molecule has 0 radical (unpaired) electrons. The van der Waals surface area contributed by atoms with E-state index in [1.165, 1.54) is 29.7 Å². The van der Waals surface area contributed by atoms with E-state index in [9.17, 15) is 4.57 Å². The molecule has 2 aromatic rings. The van der Waals surface area contributed by atoms with Crippen LogP contribution in [0.4, 0.5) is 5.69 Å². The maximum atomic E-state index is 10.5. The number of hydrogen-bond donors (Lipinski definition) is 1. The summed E-state index contributed by atoms with van der Waals surface area (Å²) in [6.07, 6.45) is 5.79. The molecule has 0 spiro atoms. The highest BCUT2D eigenvalue weighted by atomic mass is 31.1. The molecule has 0 saturated heterocycles. The first-order valence-corrected chi connectivity index (χ1v) is 9.62. The lowest BCUT2D eigenvalue weighted by molar-refractivity contribution is -0.477. The Morgan fingerprint density at radius 1 is 1.12 bits per heavy atom. The van der Waals surface area contributed by atoms with Gasteiger partial charge in [-0.05, 0) is 61.2 Å². The summed E-state index contributed by atoms with van der Waals surface area (Å²) in [5.41, 5.74) is 5.00. The summed E-state index contributed by atoms with van der Waals surface area (Å²) in [5.74, 6) is 0.601. The third kappa shape index (κ3) is 4.67. The summed E-state index contributed by atoms with van der Waals surface area (Å²) >= 11 is 0. The van der Waals surface area contributed by atoms with Crippen LogP contribution in [0.2, 0.25) is 0 Å². The van der Waals surface area contributed by atoms with Crippen molar-refractivity contribution in [1.82, 2.24) is 0 Å². The number of aryl methyl sites for hydroxylation is 1. The lowest BCUT2D eigenvalue weighted by Gasteiger charge is -2.19. The molecule has 5 heteroatoms. The number of unbranched alkanes of at least 4 members (excludes halogenated alkanes) is 1. The van der Waals surface area contributed by atoms with Crippen LogP contribution in [0.5, 0.6) is 5.75 Å². The zero-order valence-corrected chi connectivity index (χ0v) is 15.5. The summed E-state index contributed by atoms with van der Waals surface area (Å²) in [6, 6.07) is 16.5. The second kappa shape index (κ2) is 8.77. The molecular weight excluding hydrogens is 331 g/mol. The SMILES string of the molecule is CCCCc1ccc(C2=[NH+]N(c3ccc(OP=O)cc3)CCC2)cc1. The van der Waals surface area contributed by atoms with Crippen LogP contribution in [-0.2, 0) is 11.0 Å². The smallest absolute Gasteiger partial charge is 0.395 e. The number of nitrogens with zero attached hydrogens (tertiary/aromatic N) is 1. The molecule has 0 aliphatic carbocycles. The molecule has 0 amide bonds. The lowest BCUT2D eigenvalue weighted by Crippen LogP contribution is -2.86. The van der Waals surface area contributed by atoms with Crippen LogP contribution in [0, 0.1) is 0 Å². The van der Waals surface area contributed by atoms with Gasteiger partial charge in [0.1, 0.15) is 5.75 Å². The van der Waals surface area contributed by atoms with E-state index in [0.717, 1.165) is 31.5 Å². The Balaban J connectivity index is 1.74. The third-order valence-corrected chi connectivity index (χ3v) is 4.78. The van der Waals surface area contributed by atoms with Crippen molar-refractivity contribution in [3.8, 4) is 5.75 Å². The molecule has 25 heavy (non-hydrogen) atoms. The fraction of sp³-hybridized carbons (Fsp3) is 0.350. The second-order valence-corrected chi connectivity index (χ2v) is 6.64. The van der Waals surface area contributed by atoms with E-state index in [1.807, 2.05) is 24.3 Å². The van der Waals surface area contributed by atoms with Gasteiger partial charge in [-0.1, -0.05) is 25.5 Å². The molecule has 130 valence electrons. The Hall–Kier alpha value is -2.19. The van der Waals surface area contributed by atoms with Crippen molar-refractivity contribution in [2.45, 2.75) is 39.0 Å². The van der Waals surface area contributed by atoms with E-state index in [-0.39, 0.29) is 8.69 Å². The minimum Gasteiger partial charge on any atom is -0.408 e. The van der Waals surface area contributed by atoms with Crippen molar-refractivity contribution in [3.05, 3.63) is 59.7 Å². The maximum absolute atomic E-state index is 10.5. The quantitative estimate of drug-likeness (QED) is 0.770. The van der Waals surface area contributed by atoms with E-state index in [0.29, 0.717) is 5.75 Å². The largest absolute Gasteiger partial charge is 0.408 e. The summed E-state index contributed by atoms with van der Waals surface area (Å²) < 4.78 is 15.4. The number of nitrogens with one attached hydrogen (secondary N) is 1. The molecule has 0 aromatic heterocycles. The molecule has 0 bridgehead atoms. The van der Waals surface area contributed by atoms with Gasteiger partial charge in [-0.2, -0.15) is 5.01 Å². The van der Waals surface area contributed by atoms with E-state index < -0.39 is 0 Å². The van der Waals surface area contributed by atoms with Gasteiger partial charge in [-0.25, -0.2) is 4.57 Å². The minimum atomic E-state index is -0.327. The maximum Gasteiger partial charge on any atom is 0.395 e. The molecule has 0 unspecified atom stereocenters. The summed E-state index contributed by atoms with van der Waals surface area (Å²) in [4.78, 5) is 0. The Kier molecular flexibility index (Phi) is 6.19. The molecule has 4 nitrogen and oxygen atoms in total. The molecule has 0 atom stereocenters. The highest BCUT2D eigenvalue weighted by Crippen LogP contribution is 2.20. The minimum absolute atomic E-state index is 0.327. The van der Waals surface area contributed by atoms with Crippen molar-refractivity contribution in [2.75, 3.05) is 11.6 Å². The molecule has 1 heterocycles. The van der Waals surface area contributed by atoms with Crippen molar-refractivity contribution >= 4 is 20.1 Å². The number of benzene rings is 2. The van der Waals surface area contributed by atoms with Gasteiger partial charge in [0.05, 0.1) is 12.2 Å². The van der Waals surface area contributed by atoms with Crippen molar-refractivity contribution in [1.29, 1.82) is 0 Å². The predicted octanol–water partition coefficient (Wildman–Crippen LogP) is 3.70. The van der Waals surface area contributed by atoms with Crippen molar-refractivity contribution in [3.63, 3.8) is 0 Å². The van der Waals surface area contributed by atoms with E-state index in [4.69, 9.17) is 4.52 Å². The van der Waals surface area contributed by atoms with E-state index in [2.05, 4.69) is 41.3 Å². The Morgan fingerprint density at radius 2 is 1.88 bits per heavy atom. The molecule has 0 saturated carbocycles. The van der Waals surface area contributed by atoms with Crippen molar-refractivity contribution < 1.29 is 14.2 Å². The van der Waals surface area contributed by atoms with Gasteiger partial charge in [0.2, 0.25) is 5.71 Å². The lowest BCUT2D eigenvalue weighted by atomic mass is 10.0. The van der Waals surface area contributed by atoms with E-state index >= 15 is 0 Å². The van der Waals surface area contributed by atoms with Gasteiger partial charge < -0.3 is 4.52 Å². The molecule has 2 aromatic carbocycles. The van der Waals surface area contributed by atoms with Gasteiger partial charge in [-0.15, -0.1) is 5.10 Å². The fourth-order valence-electron chi connectivity index (χ4n) is 3.07. The monoisotopic (exact) mass is 355 g/mol. The number of anilines is 1. The molecule has 0 fully saturated rings. The van der Waals surface area contributed by atoms with E-state index in [1.54, 1.807) is 0 Å². The fourth-order valence-corrected chi connectivity index (χ4v) is 3.28. The Labute approximate surface area is 150 Å². The van der Waals surface area contributed by atoms with Crippen LogP contribution in [-0.4, -0.2) is 12.3 Å². The van der Waals surface area contributed by atoms with Crippen LogP contribution in [0.25, 0.3) is 0 Å². The first kappa shape index (κ1) is 17.6. The van der Waals surface area contributed by atoms with Gasteiger partial charge in [0.25, 0.3) is 0 Å². The van der Waals surface area contributed by atoms with Crippen molar-refractivity contribution in [2.24, 2.45) is 0 Å². The normalized spacial score (nSPS) is 14.4. The second-order valence-electron chi connectivity index (χ2n) is 6.31. The number of hydrazone groups is 1. The third-order valence-electron chi connectivity index (χ3n) is 4.49. The summed E-state index contributed by atoms with van der Waals surface area (Å²) in [7, 11) is -0.327. The molecule has 1 aliphatic heterocycles. The Morgan fingerprint density at radius 3 is 2.56 bits per heavy atom. The van der Waals surface area contributed by atoms with Gasteiger partial charge in [-0.3, -0.25) is 0 Å². The zero-order valence-electron chi connectivity index (χ0n) is 14.6. The van der Waals surface area contributed by atoms with Gasteiger partial charge in [0, 0.05) is 12.0 Å². The first-order chi connectivity index (χ1) is 12.3. The summed E-state index contributed by atoms with van der Waals surface area (Å²) in [5, 5.41) is 5.70. The average Bonchev–Trinajstić information content (AvgIpc) is 2.68. The highest BCUT2D eigenvalue weighted by molar-refractivity contribution is 7.17. The number of rotatable bonds is 7. The zero-order chi connectivity index (χ0) is 17.5. The van der Waals surface area contributed by atoms with Crippen LogP contribution in [0.3, 0.4) is 0 Å². The number of hydrazine groups is 1. The van der Waals surface area contributed by atoms with Crippen LogP contribution in [0.1, 0.15) is 43.7 Å². The Bertz CT molecular complexity index is 726. The molecule has 1 aliphatic rings. The van der Waals surface area contributed by atoms with Crippen LogP contribution < -0.4 is 14.6 Å².